The fraction of sp³-hybridized carbons (Fsp3) is 0.200. The van der Waals surface area contributed by atoms with Crippen LogP contribution in [0, 0.1) is 0 Å². The van der Waals surface area contributed by atoms with E-state index >= 15 is 0 Å². The first-order valence-corrected chi connectivity index (χ1v) is 5.23. The zero-order valence-electron chi connectivity index (χ0n) is 8.65. The van der Waals surface area contributed by atoms with E-state index in [4.69, 9.17) is 5.73 Å². The van der Waals surface area contributed by atoms with E-state index < -0.39 is 0 Å². The monoisotopic (exact) mass is 223 g/mol. The lowest BCUT2D eigenvalue weighted by molar-refractivity contribution is 0.102. The number of carbonyl (C=O) groups is 1. The number of aromatic nitrogens is 1. The second kappa shape index (κ2) is 4.86. The van der Waals surface area contributed by atoms with Crippen molar-refractivity contribution in [2.24, 2.45) is 5.73 Å². The Bertz CT molecular complexity index is 478. The van der Waals surface area contributed by atoms with Gasteiger partial charge in [0.25, 0.3) is 0 Å². The maximum absolute atomic E-state index is 11.1. The fourth-order valence-electron chi connectivity index (χ4n) is 1.21. The van der Waals surface area contributed by atoms with E-state index in [0.29, 0.717) is 10.6 Å². The number of ketones is 1. The molecule has 5 heteroatoms. The van der Waals surface area contributed by atoms with E-state index in [2.05, 4.69) is 10.7 Å². The average molecular weight is 223 g/mol. The van der Waals surface area contributed by atoms with Crippen LogP contribution in [0.5, 0.6) is 0 Å². The Labute approximate surface area is 91.9 Å². The van der Waals surface area contributed by atoms with E-state index in [-0.39, 0.29) is 5.78 Å². The maximum atomic E-state index is 11.1. The molecule has 2 aromatic heterocycles. The van der Waals surface area contributed by atoms with Crippen molar-refractivity contribution in [1.82, 2.24) is 4.98 Å². The SMILES string of the molecule is CC(=O)c1sc2ncccc2c1N.CN. The van der Waals surface area contributed by atoms with Crippen molar-refractivity contribution in [3.8, 4) is 0 Å². The van der Waals surface area contributed by atoms with Crippen molar-refractivity contribution < 1.29 is 4.79 Å². The molecule has 0 amide bonds. The van der Waals surface area contributed by atoms with Crippen LogP contribution in [0.2, 0.25) is 0 Å². The number of carbonyl (C=O) groups excluding carboxylic acids is 1. The third-order valence-electron chi connectivity index (χ3n) is 1.82. The van der Waals surface area contributed by atoms with Gasteiger partial charge < -0.3 is 11.5 Å². The van der Waals surface area contributed by atoms with Crippen molar-refractivity contribution in [1.29, 1.82) is 0 Å². The summed E-state index contributed by atoms with van der Waals surface area (Å²) >= 11 is 1.35. The van der Waals surface area contributed by atoms with Crippen LogP contribution in [0.1, 0.15) is 16.6 Å². The zero-order valence-corrected chi connectivity index (χ0v) is 9.47. The summed E-state index contributed by atoms with van der Waals surface area (Å²) in [5.41, 5.74) is 10.8. The van der Waals surface area contributed by atoms with Crippen molar-refractivity contribution in [2.45, 2.75) is 6.92 Å². The van der Waals surface area contributed by atoms with Crippen molar-refractivity contribution in [3.05, 3.63) is 23.2 Å². The number of Topliss-reactive ketones (excluding diaryl/α,β-unsaturated/α-hetero) is 1. The number of hydrogen-bond acceptors (Lipinski definition) is 5. The summed E-state index contributed by atoms with van der Waals surface area (Å²) in [6.07, 6.45) is 1.70. The second-order valence-corrected chi connectivity index (χ2v) is 3.76. The number of fused-ring (bicyclic) bond motifs is 1. The number of anilines is 1. The van der Waals surface area contributed by atoms with Gasteiger partial charge in [0.2, 0.25) is 0 Å². The summed E-state index contributed by atoms with van der Waals surface area (Å²) in [7, 11) is 1.50. The number of nitrogens with zero attached hydrogens (tertiary/aromatic N) is 1. The minimum atomic E-state index is 0.000463. The standard InChI is InChI=1S/C9H8N2OS.CH5N/c1-5(12)8-7(10)6-3-2-4-11-9(6)13-8;1-2/h2-4H,10H2,1H3;2H2,1H3. The highest BCUT2D eigenvalue weighted by molar-refractivity contribution is 7.21. The van der Waals surface area contributed by atoms with Gasteiger partial charge in [0.15, 0.2) is 5.78 Å². The van der Waals surface area contributed by atoms with Crippen molar-refractivity contribution in [2.75, 3.05) is 12.8 Å². The Balaban J connectivity index is 0.000000531. The average Bonchev–Trinajstić information content (AvgIpc) is 2.60. The highest BCUT2D eigenvalue weighted by Gasteiger charge is 2.12. The quantitative estimate of drug-likeness (QED) is 0.720. The van der Waals surface area contributed by atoms with Crippen molar-refractivity contribution >= 4 is 33.0 Å². The van der Waals surface area contributed by atoms with Crippen LogP contribution in [-0.2, 0) is 0 Å². The van der Waals surface area contributed by atoms with Crippen LogP contribution in [0.3, 0.4) is 0 Å². The van der Waals surface area contributed by atoms with Crippen molar-refractivity contribution in [3.63, 3.8) is 0 Å². The molecule has 80 valence electrons. The number of pyridine rings is 1. The van der Waals surface area contributed by atoms with Gasteiger partial charge in [-0.25, -0.2) is 4.98 Å². The molecule has 0 atom stereocenters. The third kappa shape index (κ3) is 2.14. The molecular formula is C10H13N3OS. The molecule has 0 bridgehead atoms. The molecule has 0 saturated carbocycles. The molecule has 15 heavy (non-hydrogen) atoms. The summed E-state index contributed by atoms with van der Waals surface area (Å²) in [6, 6.07) is 3.69. The summed E-state index contributed by atoms with van der Waals surface area (Å²) in [5.74, 6) is 0.000463. The van der Waals surface area contributed by atoms with Gasteiger partial charge in [-0.2, -0.15) is 0 Å². The van der Waals surface area contributed by atoms with Crippen LogP contribution < -0.4 is 11.5 Å². The molecule has 0 saturated heterocycles. The largest absolute Gasteiger partial charge is 0.397 e. The molecule has 4 nitrogen and oxygen atoms in total. The molecule has 4 N–H and O–H groups in total. The zero-order chi connectivity index (χ0) is 11.4. The maximum Gasteiger partial charge on any atom is 0.171 e. The summed E-state index contributed by atoms with van der Waals surface area (Å²) in [4.78, 5) is 16.7. The van der Waals surface area contributed by atoms with E-state index in [1.165, 1.54) is 25.3 Å². The molecule has 0 fully saturated rings. The van der Waals surface area contributed by atoms with E-state index in [0.717, 1.165) is 10.2 Å². The molecular weight excluding hydrogens is 210 g/mol. The Morgan fingerprint density at radius 2 is 2.13 bits per heavy atom. The smallest absolute Gasteiger partial charge is 0.171 e. The predicted octanol–water partition coefficient (Wildman–Crippen LogP) is 1.66. The molecule has 2 rings (SSSR count). The Morgan fingerprint density at radius 3 is 2.67 bits per heavy atom. The lowest BCUT2D eigenvalue weighted by Gasteiger charge is -1.90. The molecule has 2 heterocycles. The lowest BCUT2D eigenvalue weighted by atomic mass is 10.2. The van der Waals surface area contributed by atoms with Crippen LogP contribution in [0.25, 0.3) is 10.2 Å². The topological polar surface area (TPSA) is 82.0 Å². The number of nitrogen functional groups attached to an aromatic ring is 1. The Kier molecular flexibility index (Phi) is 3.76. The normalized spacial score (nSPS) is 9.53. The van der Waals surface area contributed by atoms with E-state index in [1.807, 2.05) is 12.1 Å². The lowest BCUT2D eigenvalue weighted by Crippen LogP contribution is -1.93. The summed E-state index contributed by atoms with van der Waals surface area (Å²) in [5, 5.41) is 0.873. The predicted molar refractivity (Wildman–Crippen MR) is 64.1 cm³/mol. The van der Waals surface area contributed by atoms with Crippen LogP contribution in [-0.4, -0.2) is 17.8 Å². The van der Waals surface area contributed by atoms with Gasteiger partial charge in [-0.05, 0) is 19.2 Å². The van der Waals surface area contributed by atoms with Gasteiger partial charge in [0.1, 0.15) is 4.83 Å². The molecule has 0 unspecified atom stereocenters. The molecule has 0 spiro atoms. The molecule has 0 aromatic carbocycles. The highest BCUT2D eigenvalue weighted by atomic mass is 32.1. The summed E-state index contributed by atoms with van der Waals surface area (Å²) < 4.78 is 0. The van der Waals surface area contributed by atoms with E-state index in [9.17, 15) is 4.79 Å². The molecule has 0 aliphatic carbocycles. The first kappa shape index (κ1) is 11.6. The summed E-state index contributed by atoms with van der Waals surface area (Å²) in [6.45, 7) is 1.51. The van der Waals surface area contributed by atoms with Gasteiger partial charge in [0, 0.05) is 18.5 Å². The highest BCUT2D eigenvalue weighted by Crippen LogP contribution is 2.31. The van der Waals surface area contributed by atoms with Gasteiger partial charge in [-0.15, -0.1) is 11.3 Å². The first-order valence-electron chi connectivity index (χ1n) is 4.42. The minimum absolute atomic E-state index is 0.000463. The second-order valence-electron chi connectivity index (χ2n) is 2.76. The third-order valence-corrected chi connectivity index (χ3v) is 3.05. The van der Waals surface area contributed by atoms with Crippen LogP contribution >= 0.6 is 11.3 Å². The number of rotatable bonds is 1. The molecule has 0 aliphatic rings. The molecule has 0 aliphatic heterocycles. The number of nitrogens with two attached hydrogens (primary N) is 2. The van der Waals surface area contributed by atoms with Gasteiger partial charge >= 0.3 is 0 Å². The number of thiophene rings is 1. The van der Waals surface area contributed by atoms with E-state index in [1.54, 1.807) is 6.20 Å². The number of hydrogen-bond donors (Lipinski definition) is 2. The Morgan fingerprint density at radius 1 is 1.47 bits per heavy atom. The minimum Gasteiger partial charge on any atom is -0.397 e. The molecule has 2 aromatic rings. The van der Waals surface area contributed by atoms with Gasteiger partial charge in [-0.3, -0.25) is 4.79 Å². The first-order chi connectivity index (χ1) is 7.20. The van der Waals surface area contributed by atoms with Crippen LogP contribution in [0.15, 0.2) is 18.3 Å². The van der Waals surface area contributed by atoms with Gasteiger partial charge in [-0.1, -0.05) is 0 Å². The van der Waals surface area contributed by atoms with Gasteiger partial charge in [0.05, 0.1) is 10.6 Å². The molecule has 0 radical (unpaired) electrons. The van der Waals surface area contributed by atoms with Crippen LogP contribution in [0.4, 0.5) is 5.69 Å². The Hall–Kier alpha value is -1.46. The fourth-order valence-corrected chi connectivity index (χ4v) is 2.17.